The van der Waals surface area contributed by atoms with Gasteiger partial charge < -0.3 is 19.6 Å². The van der Waals surface area contributed by atoms with Crippen LogP contribution in [-0.2, 0) is 9.53 Å². The number of piperidine rings is 1. The van der Waals surface area contributed by atoms with Gasteiger partial charge in [-0.3, -0.25) is 4.79 Å². The first-order valence-corrected chi connectivity index (χ1v) is 8.30. The zero-order valence-corrected chi connectivity index (χ0v) is 13.1. The van der Waals surface area contributed by atoms with Crippen molar-refractivity contribution in [3.05, 3.63) is 0 Å². The smallest absolute Gasteiger partial charge is 0.231 e. The molecular formula is C16H28N2O3. The zero-order chi connectivity index (χ0) is 14.9. The van der Waals surface area contributed by atoms with Crippen molar-refractivity contribution in [1.29, 1.82) is 0 Å². The summed E-state index contributed by atoms with van der Waals surface area (Å²) in [5.74, 6) is 0.243. The van der Waals surface area contributed by atoms with Crippen LogP contribution in [-0.4, -0.2) is 72.9 Å². The zero-order valence-electron chi connectivity index (χ0n) is 13.1. The van der Waals surface area contributed by atoms with E-state index in [-0.39, 0.29) is 11.3 Å². The molecule has 0 aromatic heterocycles. The van der Waals surface area contributed by atoms with Gasteiger partial charge in [-0.1, -0.05) is 0 Å². The van der Waals surface area contributed by atoms with Crippen molar-refractivity contribution in [2.75, 3.05) is 46.4 Å². The minimum atomic E-state index is -0.598. The van der Waals surface area contributed by atoms with Crippen molar-refractivity contribution in [3.8, 4) is 0 Å². The lowest BCUT2D eigenvalue weighted by molar-refractivity contribution is -0.143. The molecule has 21 heavy (non-hydrogen) atoms. The number of rotatable bonds is 5. The van der Waals surface area contributed by atoms with Crippen LogP contribution in [0.3, 0.4) is 0 Å². The van der Waals surface area contributed by atoms with E-state index in [0.29, 0.717) is 32.5 Å². The fourth-order valence-electron chi connectivity index (χ4n) is 3.82. The Morgan fingerprint density at radius 1 is 1.10 bits per heavy atom. The molecule has 3 aliphatic rings. The number of nitrogens with zero attached hydrogens (tertiary/aromatic N) is 2. The van der Waals surface area contributed by atoms with Crippen LogP contribution >= 0.6 is 0 Å². The number of β-amino-alcohol motifs (C(OH)–C–C–N with tert-alkyl or cyclic N) is 1. The van der Waals surface area contributed by atoms with Crippen LogP contribution in [0.1, 0.15) is 38.5 Å². The van der Waals surface area contributed by atoms with E-state index in [1.807, 2.05) is 4.90 Å². The van der Waals surface area contributed by atoms with E-state index in [0.717, 1.165) is 32.5 Å². The number of aliphatic hydroxyl groups is 1. The van der Waals surface area contributed by atoms with E-state index in [9.17, 15) is 9.90 Å². The van der Waals surface area contributed by atoms with E-state index in [4.69, 9.17) is 4.74 Å². The first-order valence-electron chi connectivity index (χ1n) is 8.30. The second-order valence-electron chi connectivity index (χ2n) is 7.21. The fourth-order valence-corrected chi connectivity index (χ4v) is 3.82. The van der Waals surface area contributed by atoms with Gasteiger partial charge in [0.15, 0.2) is 0 Å². The quantitative estimate of drug-likeness (QED) is 0.818. The molecule has 2 aliphatic heterocycles. The van der Waals surface area contributed by atoms with Crippen molar-refractivity contribution in [3.63, 3.8) is 0 Å². The molecular weight excluding hydrogens is 268 g/mol. The number of amides is 1. The first kappa shape index (κ1) is 15.3. The molecule has 0 bridgehead atoms. The van der Waals surface area contributed by atoms with E-state index < -0.39 is 5.60 Å². The predicted octanol–water partition coefficient (Wildman–Crippen LogP) is 0.862. The van der Waals surface area contributed by atoms with Crippen molar-refractivity contribution in [2.24, 2.45) is 5.41 Å². The van der Waals surface area contributed by atoms with Crippen LogP contribution in [0.15, 0.2) is 0 Å². The molecule has 1 N–H and O–H groups in total. The molecule has 0 aromatic carbocycles. The monoisotopic (exact) mass is 296 g/mol. The summed E-state index contributed by atoms with van der Waals surface area (Å²) >= 11 is 0. The average Bonchev–Trinajstić information content (AvgIpc) is 3.08. The minimum absolute atomic E-state index is 0.237. The lowest BCUT2D eigenvalue weighted by Crippen LogP contribution is -2.53. The maximum absolute atomic E-state index is 12.6. The van der Waals surface area contributed by atoms with E-state index >= 15 is 0 Å². The molecule has 5 nitrogen and oxygen atoms in total. The third kappa shape index (κ3) is 3.25. The topological polar surface area (TPSA) is 53.0 Å². The van der Waals surface area contributed by atoms with Gasteiger partial charge in [-0.15, -0.1) is 0 Å². The summed E-state index contributed by atoms with van der Waals surface area (Å²) in [5, 5.41) is 10.7. The molecule has 0 aromatic rings. The highest BCUT2D eigenvalue weighted by molar-refractivity contribution is 5.85. The molecule has 5 heteroatoms. The Morgan fingerprint density at radius 3 is 2.24 bits per heavy atom. The Labute approximate surface area is 127 Å². The van der Waals surface area contributed by atoms with Crippen LogP contribution in [0, 0.1) is 5.41 Å². The molecule has 2 heterocycles. The van der Waals surface area contributed by atoms with E-state index in [1.54, 1.807) is 7.11 Å². The van der Waals surface area contributed by atoms with Gasteiger partial charge in [0.1, 0.15) is 0 Å². The molecule has 1 aliphatic carbocycles. The minimum Gasteiger partial charge on any atom is -0.388 e. The average molecular weight is 296 g/mol. The molecule has 0 unspecified atom stereocenters. The van der Waals surface area contributed by atoms with Crippen molar-refractivity contribution in [2.45, 2.75) is 44.1 Å². The van der Waals surface area contributed by atoms with Crippen LogP contribution < -0.4 is 0 Å². The van der Waals surface area contributed by atoms with Gasteiger partial charge in [-0.05, 0) is 51.6 Å². The van der Waals surface area contributed by atoms with Crippen LogP contribution in [0.5, 0.6) is 0 Å². The Hall–Kier alpha value is -0.650. The Kier molecular flexibility index (Phi) is 4.26. The number of likely N-dealkylation sites (tertiary alicyclic amines) is 2. The third-order valence-corrected chi connectivity index (χ3v) is 5.43. The Bertz CT molecular complexity index is 381. The lowest BCUT2D eigenvalue weighted by atomic mass is 9.90. The summed E-state index contributed by atoms with van der Waals surface area (Å²) in [6.07, 6.45) is 5.82. The number of hydrogen-bond acceptors (Lipinski definition) is 4. The summed E-state index contributed by atoms with van der Waals surface area (Å²) in [6, 6.07) is 0. The summed E-state index contributed by atoms with van der Waals surface area (Å²) < 4.78 is 5.21. The summed E-state index contributed by atoms with van der Waals surface area (Å²) in [5.41, 5.74) is -0.835. The largest absolute Gasteiger partial charge is 0.388 e. The molecule has 3 rings (SSSR count). The summed E-state index contributed by atoms with van der Waals surface area (Å²) in [7, 11) is 1.67. The van der Waals surface area contributed by atoms with Gasteiger partial charge in [-0.25, -0.2) is 0 Å². The van der Waals surface area contributed by atoms with Crippen LogP contribution in [0.2, 0.25) is 0 Å². The maximum atomic E-state index is 12.6. The number of carbonyl (C=O) groups is 1. The highest BCUT2D eigenvalue weighted by atomic mass is 16.5. The number of carbonyl (C=O) groups excluding carboxylic acids is 1. The lowest BCUT2D eigenvalue weighted by Gasteiger charge is -2.41. The van der Waals surface area contributed by atoms with Gasteiger partial charge in [0.05, 0.1) is 17.6 Å². The third-order valence-electron chi connectivity index (χ3n) is 5.43. The normalized spacial score (nSPS) is 27.8. The molecule has 2 saturated heterocycles. The number of methoxy groups -OCH3 is 1. The number of hydrogen-bond donors (Lipinski definition) is 1. The van der Waals surface area contributed by atoms with Gasteiger partial charge in [0.2, 0.25) is 5.91 Å². The van der Waals surface area contributed by atoms with Crippen molar-refractivity contribution in [1.82, 2.24) is 9.80 Å². The molecule has 1 saturated carbocycles. The van der Waals surface area contributed by atoms with Gasteiger partial charge >= 0.3 is 0 Å². The SMILES string of the molecule is COCC1(C(=O)N2CCC(O)(CN3CCCC3)CC2)CC1. The van der Waals surface area contributed by atoms with E-state index in [1.165, 1.54) is 12.8 Å². The highest BCUT2D eigenvalue weighted by Gasteiger charge is 2.52. The van der Waals surface area contributed by atoms with Crippen molar-refractivity contribution >= 4 is 5.91 Å². The summed E-state index contributed by atoms with van der Waals surface area (Å²) in [4.78, 5) is 16.9. The maximum Gasteiger partial charge on any atom is 0.231 e. The van der Waals surface area contributed by atoms with Crippen LogP contribution in [0.4, 0.5) is 0 Å². The van der Waals surface area contributed by atoms with Gasteiger partial charge in [-0.2, -0.15) is 0 Å². The second kappa shape index (κ2) is 5.86. The molecule has 120 valence electrons. The Balaban J connectivity index is 1.51. The Morgan fingerprint density at radius 2 is 1.71 bits per heavy atom. The van der Waals surface area contributed by atoms with Gasteiger partial charge in [0, 0.05) is 26.7 Å². The molecule has 0 spiro atoms. The van der Waals surface area contributed by atoms with Crippen molar-refractivity contribution < 1.29 is 14.6 Å². The van der Waals surface area contributed by atoms with Gasteiger partial charge in [0.25, 0.3) is 0 Å². The molecule has 0 radical (unpaired) electrons. The second-order valence-corrected chi connectivity index (χ2v) is 7.21. The number of ether oxygens (including phenoxy) is 1. The molecule has 3 fully saturated rings. The highest BCUT2D eigenvalue weighted by Crippen LogP contribution is 2.47. The first-order chi connectivity index (χ1) is 10.1. The van der Waals surface area contributed by atoms with E-state index in [2.05, 4.69) is 4.90 Å². The molecule has 0 atom stereocenters. The predicted molar refractivity (Wildman–Crippen MR) is 80.0 cm³/mol. The molecule has 1 amide bonds. The van der Waals surface area contributed by atoms with Crippen LogP contribution in [0.25, 0.3) is 0 Å². The standard InChI is InChI=1S/C16H28N2O3/c1-21-13-15(4-5-15)14(19)18-10-6-16(20,7-11-18)12-17-8-2-3-9-17/h20H,2-13H2,1H3. The fraction of sp³-hybridized carbons (Fsp3) is 0.938. The summed E-state index contributed by atoms with van der Waals surface area (Å²) in [6.45, 7) is 4.92.